The zero-order valence-corrected chi connectivity index (χ0v) is 12.5. The van der Waals surface area contributed by atoms with E-state index in [0.717, 1.165) is 39.1 Å². The number of piperazine rings is 1. The van der Waals surface area contributed by atoms with Crippen LogP contribution in [-0.2, 0) is 11.2 Å². The molecule has 108 valence electrons. The van der Waals surface area contributed by atoms with Gasteiger partial charge in [-0.25, -0.2) is 0 Å². The Hall–Kier alpha value is -1.35. The van der Waals surface area contributed by atoms with Crippen molar-refractivity contribution in [3.63, 3.8) is 0 Å². The summed E-state index contributed by atoms with van der Waals surface area (Å²) < 4.78 is 0. The molecule has 0 spiro atoms. The number of carbonyl (C=O) groups is 1. The summed E-state index contributed by atoms with van der Waals surface area (Å²) >= 11 is 1.82. The molecule has 0 aliphatic carbocycles. The molecule has 0 unspecified atom stereocenters. The second-order valence-corrected chi connectivity index (χ2v) is 5.96. The van der Waals surface area contributed by atoms with Crippen LogP contribution in [0, 0.1) is 12.3 Å². The van der Waals surface area contributed by atoms with Crippen molar-refractivity contribution >= 4 is 17.2 Å². The molecule has 1 aliphatic rings. The van der Waals surface area contributed by atoms with Gasteiger partial charge in [0.15, 0.2) is 0 Å². The third kappa shape index (κ3) is 4.97. The predicted molar refractivity (Wildman–Crippen MR) is 82.7 cm³/mol. The molecule has 1 aromatic rings. The highest BCUT2D eigenvalue weighted by molar-refractivity contribution is 7.09. The molecule has 1 aliphatic heterocycles. The highest BCUT2D eigenvalue weighted by atomic mass is 32.1. The smallest absolute Gasteiger partial charge is 0.234 e. The average Bonchev–Trinajstić information content (AvgIpc) is 2.98. The van der Waals surface area contributed by atoms with Crippen LogP contribution < -0.4 is 5.32 Å². The largest absolute Gasteiger partial charge is 0.344 e. The van der Waals surface area contributed by atoms with Gasteiger partial charge in [0, 0.05) is 37.6 Å². The predicted octanol–water partition coefficient (Wildman–Crippen LogP) is 0.658. The molecule has 1 saturated heterocycles. The maximum absolute atomic E-state index is 11.6. The highest BCUT2D eigenvalue weighted by Crippen LogP contribution is 2.10. The van der Waals surface area contributed by atoms with Gasteiger partial charge in [-0.1, -0.05) is 12.0 Å². The van der Waals surface area contributed by atoms with Crippen molar-refractivity contribution < 1.29 is 4.79 Å². The fourth-order valence-electron chi connectivity index (χ4n) is 2.30. The van der Waals surface area contributed by atoms with Crippen LogP contribution in [0.1, 0.15) is 4.88 Å². The molecular formula is C15H21N3OS. The van der Waals surface area contributed by atoms with Crippen LogP contribution in [0.15, 0.2) is 17.5 Å². The third-order valence-corrected chi connectivity index (χ3v) is 4.41. The number of thiophene rings is 1. The van der Waals surface area contributed by atoms with Gasteiger partial charge in [-0.15, -0.1) is 17.8 Å². The Kier molecular flexibility index (Phi) is 6.06. The van der Waals surface area contributed by atoms with Gasteiger partial charge >= 0.3 is 0 Å². The minimum absolute atomic E-state index is 0.0231. The second-order valence-electron chi connectivity index (χ2n) is 4.93. The first-order chi connectivity index (χ1) is 9.78. The van der Waals surface area contributed by atoms with E-state index in [-0.39, 0.29) is 5.91 Å². The molecule has 0 radical (unpaired) electrons. The zero-order chi connectivity index (χ0) is 14.2. The molecular weight excluding hydrogens is 270 g/mol. The van der Waals surface area contributed by atoms with Gasteiger partial charge in [-0.3, -0.25) is 9.69 Å². The molecule has 1 amide bonds. The van der Waals surface area contributed by atoms with Crippen LogP contribution in [0.4, 0.5) is 0 Å². The molecule has 20 heavy (non-hydrogen) atoms. The monoisotopic (exact) mass is 291 g/mol. The van der Waals surface area contributed by atoms with Gasteiger partial charge in [0.1, 0.15) is 0 Å². The maximum Gasteiger partial charge on any atom is 0.234 e. The molecule has 0 aromatic carbocycles. The molecule has 0 bridgehead atoms. The molecule has 1 N–H and O–H groups in total. The number of nitrogens with zero attached hydrogens (tertiary/aromatic N) is 2. The van der Waals surface area contributed by atoms with Gasteiger partial charge in [0.2, 0.25) is 5.91 Å². The van der Waals surface area contributed by atoms with Crippen LogP contribution in [0.5, 0.6) is 0 Å². The quantitative estimate of drug-likeness (QED) is 0.782. The highest BCUT2D eigenvalue weighted by Gasteiger charge is 2.18. The van der Waals surface area contributed by atoms with Crippen molar-refractivity contribution in [2.75, 3.05) is 45.8 Å². The topological polar surface area (TPSA) is 35.6 Å². The minimum Gasteiger partial charge on any atom is -0.344 e. The summed E-state index contributed by atoms with van der Waals surface area (Å²) in [4.78, 5) is 17.7. The first kappa shape index (κ1) is 15.0. The van der Waals surface area contributed by atoms with Crippen LogP contribution in [0.25, 0.3) is 0 Å². The third-order valence-electron chi connectivity index (χ3n) is 3.47. The van der Waals surface area contributed by atoms with E-state index in [1.807, 2.05) is 11.3 Å². The molecule has 0 saturated carbocycles. The van der Waals surface area contributed by atoms with Gasteiger partial charge < -0.3 is 10.2 Å². The number of carbonyl (C=O) groups excluding carboxylic acids is 1. The lowest BCUT2D eigenvalue weighted by molar-refractivity contribution is -0.122. The number of amides is 1. The van der Waals surface area contributed by atoms with Crippen molar-refractivity contribution in [1.29, 1.82) is 0 Å². The van der Waals surface area contributed by atoms with Gasteiger partial charge in [0.25, 0.3) is 0 Å². The number of nitrogens with one attached hydrogen (secondary N) is 1. The molecule has 1 fully saturated rings. The molecule has 0 atom stereocenters. The van der Waals surface area contributed by atoms with E-state index in [9.17, 15) is 4.79 Å². The van der Waals surface area contributed by atoms with Crippen LogP contribution in [0.3, 0.4) is 0 Å². The standard InChI is InChI=1S/C15H21N3OS/c1-2-6-16-15(19)13-18-10-8-17(9-11-18)7-5-14-4-3-12-20-14/h1,3-4,12H,5-11,13H2,(H,16,19). The van der Waals surface area contributed by atoms with Crippen molar-refractivity contribution in [2.24, 2.45) is 0 Å². The van der Waals surface area contributed by atoms with Gasteiger partial charge in [0.05, 0.1) is 13.1 Å². The van der Waals surface area contributed by atoms with Crippen LogP contribution in [0.2, 0.25) is 0 Å². The van der Waals surface area contributed by atoms with Crippen molar-refractivity contribution in [2.45, 2.75) is 6.42 Å². The first-order valence-electron chi connectivity index (χ1n) is 6.95. The van der Waals surface area contributed by atoms with Gasteiger partial charge in [-0.2, -0.15) is 0 Å². The van der Waals surface area contributed by atoms with E-state index < -0.39 is 0 Å². The molecule has 4 nitrogen and oxygen atoms in total. The molecule has 2 rings (SSSR count). The summed E-state index contributed by atoms with van der Waals surface area (Å²) in [5.41, 5.74) is 0. The summed E-state index contributed by atoms with van der Waals surface area (Å²) in [5, 5.41) is 4.83. The van der Waals surface area contributed by atoms with E-state index in [4.69, 9.17) is 6.42 Å². The van der Waals surface area contributed by atoms with E-state index in [0.29, 0.717) is 13.1 Å². The van der Waals surface area contributed by atoms with E-state index in [1.165, 1.54) is 4.88 Å². The SMILES string of the molecule is C#CCNC(=O)CN1CCN(CCc2cccs2)CC1. The van der Waals surface area contributed by atoms with E-state index >= 15 is 0 Å². The Morgan fingerprint density at radius 1 is 1.35 bits per heavy atom. The normalized spacial score (nSPS) is 16.8. The van der Waals surface area contributed by atoms with Crippen molar-refractivity contribution in [1.82, 2.24) is 15.1 Å². The molecule has 1 aromatic heterocycles. The number of terminal acetylenes is 1. The Labute approximate surface area is 124 Å². The number of hydrogen-bond acceptors (Lipinski definition) is 4. The maximum atomic E-state index is 11.6. The Morgan fingerprint density at radius 2 is 2.10 bits per heavy atom. The van der Waals surface area contributed by atoms with Crippen LogP contribution in [-0.4, -0.2) is 61.5 Å². The Balaban J connectivity index is 1.62. The lowest BCUT2D eigenvalue weighted by Crippen LogP contribution is -2.49. The average molecular weight is 291 g/mol. The van der Waals surface area contributed by atoms with Crippen molar-refractivity contribution in [3.05, 3.63) is 22.4 Å². The fraction of sp³-hybridized carbons (Fsp3) is 0.533. The summed E-state index contributed by atoms with van der Waals surface area (Å²) in [5.74, 6) is 2.44. The summed E-state index contributed by atoms with van der Waals surface area (Å²) in [7, 11) is 0. The van der Waals surface area contributed by atoms with Gasteiger partial charge in [-0.05, 0) is 17.9 Å². The van der Waals surface area contributed by atoms with Crippen LogP contribution >= 0.6 is 11.3 Å². The fourth-order valence-corrected chi connectivity index (χ4v) is 3.00. The molecule has 2 heterocycles. The summed E-state index contributed by atoms with van der Waals surface area (Å²) in [6.07, 6.45) is 6.24. The lowest BCUT2D eigenvalue weighted by atomic mass is 10.2. The first-order valence-corrected chi connectivity index (χ1v) is 7.83. The zero-order valence-electron chi connectivity index (χ0n) is 11.7. The summed E-state index contributed by atoms with van der Waals surface area (Å²) in [6, 6.07) is 4.30. The molecule has 5 heteroatoms. The summed E-state index contributed by atoms with van der Waals surface area (Å²) in [6.45, 7) is 5.86. The van der Waals surface area contributed by atoms with E-state index in [2.05, 4.69) is 38.5 Å². The number of hydrogen-bond donors (Lipinski definition) is 1. The van der Waals surface area contributed by atoms with E-state index in [1.54, 1.807) is 0 Å². The number of rotatable bonds is 6. The lowest BCUT2D eigenvalue weighted by Gasteiger charge is -2.34. The Morgan fingerprint density at radius 3 is 2.75 bits per heavy atom. The van der Waals surface area contributed by atoms with Crippen molar-refractivity contribution in [3.8, 4) is 12.3 Å². The Bertz CT molecular complexity index is 444. The second kappa shape index (κ2) is 8.05. The minimum atomic E-state index is 0.0231.